The zero-order valence-corrected chi connectivity index (χ0v) is 26.1. The normalized spacial score (nSPS) is 19.9. The van der Waals surface area contributed by atoms with Gasteiger partial charge < -0.3 is 20.9 Å². The number of carbonyl (C=O) groups is 3. The van der Waals surface area contributed by atoms with Crippen LogP contribution < -0.4 is 15.8 Å². The number of nitrogens with one attached hydrogen (secondary N) is 2. The molecule has 1 unspecified atom stereocenters. The van der Waals surface area contributed by atoms with Crippen molar-refractivity contribution in [2.24, 2.45) is 22.6 Å². The van der Waals surface area contributed by atoms with Crippen LogP contribution in [0.1, 0.15) is 70.8 Å². The molecule has 0 saturated carbocycles. The zero-order valence-electron chi connectivity index (χ0n) is 25.3. The third kappa shape index (κ3) is 10.4. The SMILES string of the molecule is CCCCCC(C)C(=O)/N=C(/N)N1CCC(CNC(=O)[C@@H]2CCCN2C(=O)[C@@H](Cc2ccccc2)NS(C)(=O)=O)CC1. The molecule has 2 heterocycles. The van der Waals surface area contributed by atoms with E-state index in [0.717, 1.165) is 50.3 Å². The fourth-order valence-electron chi connectivity index (χ4n) is 5.64. The van der Waals surface area contributed by atoms with E-state index in [-0.39, 0.29) is 41.9 Å². The number of likely N-dealkylation sites (tertiary alicyclic amines) is 2. The van der Waals surface area contributed by atoms with Gasteiger partial charge in [-0.2, -0.15) is 4.99 Å². The summed E-state index contributed by atoms with van der Waals surface area (Å²) in [7, 11) is -3.65. The minimum Gasteiger partial charge on any atom is -0.369 e. The van der Waals surface area contributed by atoms with Gasteiger partial charge in [0, 0.05) is 32.1 Å². The van der Waals surface area contributed by atoms with Crippen molar-refractivity contribution < 1.29 is 22.8 Å². The van der Waals surface area contributed by atoms with Gasteiger partial charge in [0.1, 0.15) is 12.1 Å². The maximum absolute atomic E-state index is 13.5. The second kappa shape index (κ2) is 16.0. The highest BCUT2D eigenvalue weighted by molar-refractivity contribution is 7.88. The Bertz CT molecular complexity index is 1180. The molecule has 2 aliphatic rings. The van der Waals surface area contributed by atoms with E-state index in [4.69, 9.17) is 5.73 Å². The van der Waals surface area contributed by atoms with Crippen molar-refractivity contribution in [2.75, 3.05) is 32.4 Å². The Kier molecular flexibility index (Phi) is 12.8. The van der Waals surface area contributed by atoms with Crippen LogP contribution in [0, 0.1) is 11.8 Å². The van der Waals surface area contributed by atoms with Crippen LogP contribution in [-0.2, 0) is 30.8 Å². The molecule has 2 saturated heterocycles. The predicted molar refractivity (Wildman–Crippen MR) is 164 cm³/mol. The molecule has 2 aliphatic heterocycles. The smallest absolute Gasteiger partial charge is 0.251 e. The second-order valence-electron chi connectivity index (χ2n) is 11.7. The van der Waals surface area contributed by atoms with Crippen LogP contribution in [0.3, 0.4) is 0 Å². The van der Waals surface area contributed by atoms with E-state index >= 15 is 0 Å². The van der Waals surface area contributed by atoms with Crippen molar-refractivity contribution in [1.29, 1.82) is 0 Å². The van der Waals surface area contributed by atoms with Crippen molar-refractivity contribution in [3.05, 3.63) is 35.9 Å². The highest BCUT2D eigenvalue weighted by Crippen LogP contribution is 2.21. The topological polar surface area (TPSA) is 154 Å². The molecule has 0 aromatic heterocycles. The second-order valence-corrected chi connectivity index (χ2v) is 13.5. The largest absolute Gasteiger partial charge is 0.369 e. The van der Waals surface area contributed by atoms with Gasteiger partial charge in [0.15, 0.2) is 5.96 Å². The summed E-state index contributed by atoms with van der Waals surface area (Å²) in [4.78, 5) is 46.7. The Labute approximate surface area is 250 Å². The molecule has 2 fully saturated rings. The fourth-order valence-corrected chi connectivity index (χ4v) is 6.34. The third-order valence-electron chi connectivity index (χ3n) is 8.17. The van der Waals surface area contributed by atoms with Gasteiger partial charge in [-0.05, 0) is 50.0 Å². The number of piperidine rings is 1. The van der Waals surface area contributed by atoms with Gasteiger partial charge in [0.2, 0.25) is 21.8 Å². The highest BCUT2D eigenvalue weighted by atomic mass is 32.2. The van der Waals surface area contributed by atoms with Gasteiger partial charge in [-0.25, -0.2) is 13.1 Å². The van der Waals surface area contributed by atoms with E-state index in [2.05, 4.69) is 22.0 Å². The van der Waals surface area contributed by atoms with Gasteiger partial charge in [0.05, 0.1) is 6.26 Å². The van der Waals surface area contributed by atoms with Crippen molar-refractivity contribution in [3.8, 4) is 0 Å². The number of aliphatic imine (C=N–C) groups is 1. The molecule has 0 aliphatic carbocycles. The summed E-state index contributed by atoms with van der Waals surface area (Å²) in [6, 6.07) is 7.60. The molecule has 3 amide bonds. The number of guanidine groups is 1. The van der Waals surface area contributed by atoms with Crippen LogP contribution in [0.2, 0.25) is 0 Å². The van der Waals surface area contributed by atoms with Crippen molar-refractivity contribution in [2.45, 2.75) is 83.7 Å². The Balaban J connectivity index is 1.50. The lowest BCUT2D eigenvalue weighted by Crippen LogP contribution is -2.54. The molecular weight excluding hydrogens is 556 g/mol. The van der Waals surface area contributed by atoms with Crippen LogP contribution in [0.25, 0.3) is 0 Å². The number of rotatable bonds is 13. The summed E-state index contributed by atoms with van der Waals surface area (Å²) in [5.41, 5.74) is 6.98. The Morgan fingerprint density at radius 3 is 2.40 bits per heavy atom. The quantitative estimate of drug-likeness (QED) is 0.177. The molecular formula is C30H48N6O5S. The molecule has 0 radical (unpaired) electrons. The van der Waals surface area contributed by atoms with Crippen LogP contribution in [0.4, 0.5) is 0 Å². The van der Waals surface area contributed by atoms with Gasteiger partial charge in [-0.3, -0.25) is 14.4 Å². The van der Waals surface area contributed by atoms with Gasteiger partial charge in [-0.15, -0.1) is 0 Å². The van der Waals surface area contributed by atoms with Gasteiger partial charge in [0.25, 0.3) is 5.91 Å². The van der Waals surface area contributed by atoms with E-state index in [0.29, 0.717) is 39.0 Å². The number of hydrogen-bond acceptors (Lipinski definition) is 5. The van der Waals surface area contributed by atoms with Gasteiger partial charge >= 0.3 is 0 Å². The number of unbranched alkanes of at least 4 members (excludes halogenated alkanes) is 2. The fraction of sp³-hybridized carbons (Fsp3) is 0.667. The predicted octanol–water partition coefficient (Wildman–Crippen LogP) is 2.02. The molecule has 42 heavy (non-hydrogen) atoms. The standard InChI is InChI=1S/C30H48N6O5S/c1-4-5-7-11-22(2)27(37)33-30(31)35-18-15-24(16-19-35)21-32-28(38)26-14-10-17-36(26)29(39)25(34-42(3,40)41)20-23-12-8-6-9-13-23/h6,8-9,12-13,22,24-26,34H,4-5,7,10-11,14-21H2,1-3H3,(H,32,38)(H2,31,33,37)/t22?,25-,26+/m1/s1. The number of benzene rings is 1. The lowest BCUT2D eigenvalue weighted by Gasteiger charge is -2.33. The number of nitrogens with zero attached hydrogens (tertiary/aromatic N) is 3. The summed E-state index contributed by atoms with van der Waals surface area (Å²) in [5, 5.41) is 3.03. The molecule has 1 aromatic rings. The van der Waals surface area contributed by atoms with E-state index in [9.17, 15) is 22.8 Å². The number of amides is 3. The first-order valence-corrected chi connectivity index (χ1v) is 17.1. The maximum atomic E-state index is 13.5. The number of nitrogens with two attached hydrogens (primary N) is 1. The van der Waals surface area contributed by atoms with Crippen LogP contribution in [0.15, 0.2) is 35.3 Å². The lowest BCUT2D eigenvalue weighted by molar-refractivity contribution is -0.139. The summed E-state index contributed by atoms with van der Waals surface area (Å²) < 4.78 is 26.6. The first-order valence-electron chi connectivity index (χ1n) is 15.2. The average Bonchev–Trinajstić information content (AvgIpc) is 3.45. The Hall–Kier alpha value is -2.99. The van der Waals surface area contributed by atoms with E-state index < -0.39 is 22.1 Å². The number of sulfonamides is 1. The van der Waals surface area contributed by atoms with Crippen molar-refractivity contribution in [3.63, 3.8) is 0 Å². The monoisotopic (exact) mass is 604 g/mol. The molecule has 4 N–H and O–H groups in total. The number of hydrogen-bond donors (Lipinski definition) is 3. The number of carbonyl (C=O) groups excluding carboxylic acids is 3. The average molecular weight is 605 g/mol. The molecule has 3 atom stereocenters. The molecule has 3 rings (SSSR count). The lowest BCUT2D eigenvalue weighted by atomic mass is 9.96. The first kappa shape index (κ1) is 33.5. The van der Waals surface area contributed by atoms with Crippen LogP contribution in [-0.4, -0.2) is 86.4 Å². The van der Waals surface area contributed by atoms with Crippen LogP contribution >= 0.6 is 0 Å². The van der Waals surface area contributed by atoms with Gasteiger partial charge in [-0.1, -0.05) is 63.4 Å². The van der Waals surface area contributed by atoms with Crippen molar-refractivity contribution >= 4 is 33.7 Å². The van der Waals surface area contributed by atoms with E-state index in [1.54, 1.807) is 0 Å². The summed E-state index contributed by atoms with van der Waals surface area (Å²) >= 11 is 0. The zero-order chi connectivity index (χ0) is 30.7. The summed E-state index contributed by atoms with van der Waals surface area (Å²) in [6.45, 7) is 6.21. The summed E-state index contributed by atoms with van der Waals surface area (Å²) in [5.74, 6) is -0.418. The minimum atomic E-state index is -3.65. The Morgan fingerprint density at radius 1 is 1.07 bits per heavy atom. The molecule has 234 valence electrons. The Morgan fingerprint density at radius 2 is 1.76 bits per heavy atom. The van der Waals surface area contributed by atoms with Crippen molar-refractivity contribution in [1.82, 2.24) is 19.8 Å². The van der Waals surface area contributed by atoms with E-state index in [1.165, 1.54) is 4.90 Å². The highest BCUT2D eigenvalue weighted by Gasteiger charge is 2.38. The molecule has 0 spiro atoms. The van der Waals surface area contributed by atoms with Crippen LogP contribution in [0.5, 0.6) is 0 Å². The molecule has 1 aromatic carbocycles. The molecule has 0 bridgehead atoms. The minimum absolute atomic E-state index is 0.138. The maximum Gasteiger partial charge on any atom is 0.251 e. The first-order chi connectivity index (χ1) is 20.0. The summed E-state index contributed by atoms with van der Waals surface area (Å²) in [6.07, 6.45) is 8.06. The molecule has 11 nitrogen and oxygen atoms in total. The molecule has 12 heteroatoms. The van der Waals surface area contributed by atoms with E-state index in [1.807, 2.05) is 42.2 Å². The third-order valence-corrected chi connectivity index (χ3v) is 8.88.